The van der Waals surface area contributed by atoms with Crippen LogP contribution in [0.15, 0.2) is 30.3 Å². The zero-order valence-electron chi connectivity index (χ0n) is 10.8. The van der Waals surface area contributed by atoms with Gasteiger partial charge in [-0.25, -0.2) is 14.8 Å². The highest BCUT2D eigenvalue weighted by Crippen LogP contribution is 2.19. The van der Waals surface area contributed by atoms with Crippen molar-refractivity contribution < 1.29 is 9.90 Å². The number of anilines is 2. The fourth-order valence-electron chi connectivity index (χ4n) is 1.66. The summed E-state index contributed by atoms with van der Waals surface area (Å²) in [6.45, 7) is 1.84. The van der Waals surface area contributed by atoms with Gasteiger partial charge in [0.25, 0.3) is 0 Å². The molecular weight excluding hydrogens is 256 g/mol. The van der Waals surface area contributed by atoms with Crippen molar-refractivity contribution in [3.8, 4) is 6.07 Å². The molecule has 6 nitrogen and oxygen atoms in total. The molecule has 0 bridgehead atoms. The van der Waals surface area contributed by atoms with Gasteiger partial charge in [-0.05, 0) is 12.1 Å². The zero-order valence-corrected chi connectivity index (χ0v) is 10.8. The Labute approximate surface area is 115 Å². The molecule has 2 N–H and O–H groups in total. The molecule has 0 atom stereocenters. The van der Waals surface area contributed by atoms with E-state index in [1.165, 1.54) is 6.07 Å². The molecule has 0 fully saturated rings. The fraction of sp³-hybridized carbons (Fsp3) is 0.143. The zero-order chi connectivity index (χ0) is 14.5. The molecule has 100 valence electrons. The molecule has 0 saturated heterocycles. The van der Waals surface area contributed by atoms with E-state index in [-0.39, 0.29) is 5.69 Å². The minimum absolute atomic E-state index is 0.0752. The van der Waals surface area contributed by atoms with E-state index in [2.05, 4.69) is 21.4 Å². The molecule has 0 saturated carbocycles. The summed E-state index contributed by atoms with van der Waals surface area (Å²) in [6.07, 6.45) is 0.524. The van der Waals surface area contributed by atoms with Crippen molar-refractivity contribution in [1.82, 2.24) is 9.97 Å². The van der Waals surface area contributed by atoms with Gasteiger partial charge in [-0.3, -0.25) is 0 Å². The minimum atomic E-state index is -1.11. The summed E-state index contributed by atoms with van der Waals surface area (Å²) >= 11 is 0. The molecule has 1 aromatic carbocycles. The number of benzene rings is 1. The third kappa shape index (κ3) is 2.90. The van der Waals surface area contributed by atoms with Crippen LogP contribution < -0.4 is 5.32 Å². The van der Waals surface area contributed by atoms with Crippen LogP contribution in [-0.2, 0) is 6.42 Å². The van der Waals surface area contributed by atoms with Crippen LogP contribution in [0, 0.1) is 11.3 Å². The van der Waals surface area contributed by atoms with Crippen LogP contribution in [0.1, 0.15) is 28.8 Å². The number of carboxylic acids is 1. The van der Waals surface area contributed by atoms with Crippen molar-refractivity contribution in [1.29, 1.82) is 5.26 Å². The molecular formula is C14H12N4O2. The summed E-state index contributed by atoms with van der Waals surface area (Å²) in [5, 5.41) is 21.0. The molecule has 20 heavy (non-hydrogen) atoms. The van der Waals surface area contributed by atoms with Gasteiger partial charge in [-0.1, -0.05) is 19.1 Å². The number of nitriles is 1. The van der Waals surface area contributed by atoms with E-state index in [4.69, 9.17) is 10.4 Å². The summed E-state index contributed by atoms with van der Waals surface area (Å²) < 4.78 is 0. The number of rotatable bonds is 4. The molecule has 0 unspecified atom stereocenters. The Morgan fingerprint density at radius 3 is 2.80 bits per heavy atom. The second-order valence-electron chi connectivity index (χ2n) is 4.00. The highest BCUT2D eigenvalue weighted by atomic mass is 16.4. The Balaban J connectivity index is 2.40. The lowest BCUT2D eigenvalue weighted by Crippen LogP contribution is -2.07. The first-order valence-corrected chi connectivity index (χ1v) is 6.01. The fourth-order valence-corrected chi connectivity index (χ4v) is 1.66. The first-order chi connectivity index (χ1) is 9.63. The first kappa shape index (κ1) is 13.5. The predicted molar refractivity (Wildman–Crippen MR) is 72.8 cm³/mol. The lowest BCUT2D eigenvalue weighted by atomic mass is 10.2. The predicted octanol–water partition coefficient (Wildman–Crippen LogP) is 2.35. The highest BCUT2D eigenvalue weighted by Gasteiger charge is 2.10. The lowest BCUT2D eigenvalue weighted by molar-refractivity contribution is 0.0690. The number of aromatic nitrogens is 2. The van der Waals surface area contributed by atoms with Crippen molar-refractivity contribution in [3.05, 3.63) is 47.4 Å². The van der Waals surface area contributed by atoms with Crippen LogP contribution in [0.2, 0.25) is 0 Å². The molecule has 0 aliphatic carbocycles. The Kier molecular flexibility index (Phi) is 3.91. The molecule has 2 rings (SSSR count). The number of carboxylic acid groups (broad SMARTS) is 1. The molecule has 0 aliphatic rings. The monoisotopic (exact) mass is 268 g/mol. The number of para-hydroxylation sites is 1. The smallest absolute Gasteiger partial charge is 0.354 e. The van der Waals surface area contributed by atoms with Gasteiger partial charge in [0.05, 0.1) is 11.3 Å². The first-order valence-electron chi connectivity index (χ1n) is 6.01. The Morgan fingerprint density at radius 2 is 2.15 bits per heavy atom. The maximum Gasteiger partial charge on any atom is 0.354 e. The summed E-state index contributed by atoms with van der Waals surface area (Å²) in [5.74, 6) is -0.322. The molecule has 0 radical (unpaired) electrons. The van der Waals surface area contributed by atoms with Gasteiger partial charge in [0.2, 0.25) is 0 Å². The normalized spacial score (nSPS) is 9.80. The van der Waals surface area contributed by atoms with E-state index < -0.39 is 5.97 Å². The Hall–Kier alpha value is -2.94. The Morgan fingerprint density at radius 1 is 1.40 bits per heavy atom. The van der Waals surface area contributed by atoms with Crippen LogP contribution >= 0.6 is 0 Å². The second-order valence-corrected chi connectivity index (χ2v) is 4.00. The average Bonchev–Trinajstić information content (AvgIpc) is 2.47. The van der Waals surface area contributed by atoms with Gasteiger partial charge >= 0.3 is 5.97 Å². The third-order valence-corrected chi connectivity index (χ3v) is 2.62. The van der Waals surface area contributed by atoms with E-state index in [1.807, 2.05) is 6.92 Å². The number of hydrogen-bond acceptors (Lipinski definition) is 5. The van der Waals surface area contributed by atoms with Crippen LogP contribution in [0.5, 0.6) is 0 Å². The molecule has 0 spiro atoms. The van der Waals surface area contributed by atoms with E-state index in [0.29, 0.717) is 29.3 Å². The SMILES string of the molecule is CCc1nc(Nc2ccccc2C#N)cc(C(=O)O)n1. The molecule has 0 amide bonds. The third-order valence-electron chi connectivity index (χ3n) is 2.62. The van der Waals surface area contributed by atoms with Gasteiger partial charge in [-0.2, -0.15) is 5.26 Å². The maximum atomic E-state index is 11.0. The van der Waals surface area contributed by atoms with Gasteiger partial charge in [-0.15, -0.1) is 0 Å². The number of aryl methyl sites for hydroxylation is 1. The quantitative estimate of drug-likeness (QED) is 0.883. The Bertz CT molecular complexity index is 692. The van der Waals surface area contributed by atoms with Crippen LogP contribution in [0.25, 0.3) is 0 Å². The molecule has 2 aromatic rings. The van der Waals surface area contributed by atoms with E-state index in [0.717, 1.165) is 0 Å². The lowest BCUT2D eigenvalue weighted by Gasteiger charge is -2.09. The highest BCUT2D eigenvalue weighted by molar-refractivity contribution is 5.86. The number of carbonyl (C=O) groups is 1. The van der Waals surface area contributed by atoms with Crippen molar-refractivity contribution in [2.24, 2.45) is 0 Å². The number of nitrogens with zero attached hydrogens (tertiary/aromatic N) is 3. The van der Waals surface area contributed by atoms with Crippen LogP contribution in [0.3, 0.4) is 0 Å². The van der Waals surface area contributed by atoms with Crippen LogP contribution in [0.4, 0.5) is 11.5 Å². The topological polar surface area (TPSA) is 98.9 Å². The van der Waals surface area contributed by atoms with Crippen molar-refractivity contribution >= 4 is 17.5 Å². The summed E-state index contributed by atoms with van der Waals surface area (Å²) in [7, 11) is 0. The van der Waals surface area contributed by atoms with E-state index in [1.54, 1.807) is 24.3 Å². The average molecular weight is 268 g/mol. The molecule has 1 aromatic heterocycles. The van der Waals surface area contributed by atoms with Crippen LogP contribution in [-0.4, -0.2) is 21.0 Å². The van der Waals surface area contributed by atoms with Crippen molar-refractivity contribution in [2.45, 2.75) is 13.3 Å². The summed E-state index contributed by atoms with van der Waals surface area (Å²) in [4.78, 5) is 19.2. The van der Waals surface area contributed by atoms with Gasteiger partial charge in [0.15, 0.2) is 5.69 Å². The summed E-state index contributed by atoms with van der Waals surface area (Å²) in [5.41, 5.74) is 0.960. The number of aromatic carboxylic acids is 1. The minimum Gasteiger partial charge on any atom is -0.477 e. The largest absolute Gasteiger partial charge is 0.477 e. The molecule has 0 aliphatic heterocycles. The number of nitrogens with one attached hydrogen (secondary N) is 1. The van der Waals surface area contributed by atoms with Gasteiger partial charge in [0, 0.05) is 12.5 Å². The van der Waals surface area contributed by atoms with Gasteiger partial charge in [0.1, 0.15) is 17.7 Å². The molecule has 6 heteroatoms. The van der Waals surface area contributed by atoms with E-state index in [9.17, 15) is 4.79 Å². The standard InChI is InChI=1S/C14H12N4O2/c1-2-12-17-11(14(19)20)7-13(18-12)16-10-6-4-3-5-9(10)8-15/h3-7H,2H2,1H3,(H,19,20)(H,16,17,18). The maximum absolute atomic E-state index is 11.0. The van der Waals surface area contributed by atoms with Gasteiger partial charge < -0.3 is 10.4 Å². The number of hydrogen-bond donors (Lipinski definition) is 2. The van der Waals surface area contributed by atoms with Crippen molar-refractivity contribution in [2.75, 3.05) is 5.32 Å². The van der Waals surface area contributed by atoms with Crippen molar-refractivity contribution in [3.63, 3.8) is 0 Å². The second kappa shape index (κ2) is 5.80. The summed E-state index contributed by atoms with van der Waals surface area (Å²) in [6, 6.07) is 10.3. The van der Waals surface area contributed by atoms with E-state index >= 15 is 0 Å². The molecule has 1 heterocycles.